The summed E-state index contributed by atoms with van der Waals surface area (Å²) in [7, 11) is 1.11. The lowest BCUT2D eigenvalue weighted by atomic mass is 10.2. The summed E-state index contributed by atoms with van der Waals surface area (Å²) in [6.45, 7) is 0. The minimum absolute atomic E-state index is 0.0474. The van der Waals surface area contributed by atoms with E-state index in [0.29, 0.717) is 0 Å². The zero-order valence-electron chi connectivity index (χ0n) is 8.11. The van der Waals surface area contributed by atoms with Crippen molar-refractivity contribution in [3.63, 3.8) is 0 Å². The van der Waals surface area contributed by atoms with E-state index in [4.69, 9.17) is 11.6 Å². The van der Waals surface area contributed by atoms with E-state index in [-0.39, 0.29) is 11.4 Å². The molecule has 5 nitrogen and oxygen atoms in total. The lowest BCUT2D eigenvalue weighted by Gasteiger charge is -2.07. The Bertz CT molecular complexity index is 389. The van der Waals surface area contributed by atoms with Crippen molar-refractivity contribution in [3.8, 4) is 5.88 Å². The van der Waals surface area contributed by atoms with Crippen molar-refractivity contribution >= 4 is 17.3 Å². The van der Waals surface area contributed by atoms with Crippen LogP contribution >= 0.6 is 11.6 Å². The molecule has 8 heteroatoms. The number of hydrogen-bond acceptors (Lipinski definition) is 4. The topological polar surface area (TPSA) is 65.3 Å². The highest BCUT2D eigenvalue weighted by molar-refractivity contribution is 6.17. The van der Waals surface area contributed by atoms with Gasteiger partial charge in [0.05, 0.1) is 23.5 Å². The molecule has 0 aromatic carbocycles. The van der Waals surface area contributed by atoms with Crippen molar-refractivity contribution in [1.29, 1.82) is 0 Å². The molecule has 88 valence electrons. The van der Waals surface area contributed by atoms with Crippen LogP contribution in [0.2, 0.25) is 0 Å². The number of ether oxygens (including phenoxy) is 1. The van der Waals surface area contributed by atoms with Gasteiger partial charge in [0, 0.05) is 0 Å². The van der Waals surface area contributed by atoms with Crippen LogP contribution in [0.25, 0.3) is 0 Å². The highest BCUT2D eigenvalue weighted by Crippen LogP contribution is 2.33. The molecule has 1 rings (SSSR count). The Hall–Kier alpha value is -1.50. The van der Waals surface area contributed by atoms with Crippen LogP contribution < -0.4 is 4.74 Å². The fourth-order valence-corrected chi connectivity index (χ4v) is 1.34. The molecule has 0 N–H and O–H groups in total. The summed E-state index contributed by atoms with van der Waals surface area (Å²) in [6, 6.07) is 0.901. The standard InChI is InChI=1S/C8H7ClF2N2O3/c1-16-8-6(13(14)15)4(3-9)2-5(12-8)7(10)11/h2,7H,3H2,1H3. The average molecular weight is 253 g/mol. The van der Waals surface area contributed by atoms with Crippen LogP contribution in [0.3, 0.4) is 0 Å². The molecular weight excluding hydrogens is 246 g/mol. The van der Waals surface area contributed by atoms with Crippen molar-refractivity contribution in [3.05, 3.63) is 27.4 Å². The number of methoxy groups -OCH3 is 1. The van der Waals surface area contributed by atoms with Crippen LogP contribution in [-0.2, 0) is 5.88 Å². The first kappa shape index (κ1) is 12.6. The van der Waals surface area contributed by atoms with E-state index >= 15 is 0 Å². The first-order valence-electron chi connectivity index (χ1n) is 4.07. The number of nitrogens with zero attached hydrogens (tertiary/aromatic N) is 2. The first-order chi connectivity index (χ1) is 7.51. The third-order valence-electron chi connectivity index (χ3n) is 1.80. The van der Waals surface area contributed by atoms with Crippen molar-refractivity contribution in [2.75, 3.05) is 7.11 Å². The summed E-state index contributed by atoms with van der Waals surface area (Å²) < 4.78 is 29.4. The number of alkyl halides is 3. The molecule has 0 radical (unpaired) electrons. The molecular formula is C8H7ClF2N2O3. The fraction of sp³-hybridized carbons (Fsp3) is 0.375. The number of aromatic nitrogens is 1. The molecule has 0 bridgehead atoms. The fourth-order valence-electron chi connectivity index (χ4n) is 1.14. The maximum atomic E-state index is 12.4. The quantitative estimate of drug-likeness (QED) is 0.469. The van der Waals surface area contributed by atoms with Gasteiger partial charge in [0.1, 0.15) is 5.69 Å². The number of nitro groups is 1. The van der Waals surface area contributed by atoms with E-state index in [9.17, 15) is 18.9 Å². The van der Waals surface area contributed by atoms with Crippen LogP contribution in [0.5, 0.6) is 5.88 Å². The average Bonchev–Trinajstić information content (AvgIpc) is 2.26. The van der Waals surface area contributed by atoms with Crippen molar-refractivity contribution in [2.24, 2.45) is 0 Å². The number of halogens is 3. The molecule has 0 aliphatic heterocycles. The summed E-state index contributed by atoms with van der Waals surface area (Å²) >= 11 is 5.45. The van der Waals surface area contributed by atoms with Crippen molar-refractivity contribution in [2.45, 2.75) is 12.3 Å². The molecule has 1 aromatic heterocycles. The minimum atomic E-state index is -2.84. The highest BCUT2D eigenvalue weighted by Gasteiger charge is 2.25. The molecule has 0 saturated heterocycles. The molecule has 0 saturated carbocycles. The molecule has 0 amide bonds. The lowest BCUT2D eigenvalue weighted by molar-refractivity contribution is -0.386. The second-order valence-corrected chi connectivity index (χ2v) is 3.02. The Balaban J connectivity index is 3.43. The van der Waals surface area contributed by atoms with Crippen LogP contribution in [0.4, 0.5) is 14.5 Å². The summed E-state index contributed by atoms with van der Waals surface area (Å²) in [6.07, 6.45) is -2.84. The summed E-state index contributed by atoms with van der Waals surface area (Å²) in [5, 5.41) is 10.7. The van der Waals surface area contributed by atoms with Gasteiger partial charge in [-0.05, 0) is 6.07 Å². The molecule has 0 fully saturated rings. The molecule has 1 heterocycles. The Labute approximate surface area is 94.1 Å². The van der Waals surface area contributed by atoms with Gasteiger partial charge in [-0.15, -0.1) is 11.6 Å². The van der Waals surface area contributed by atoms with Gasteiger partial charge in [-0.1, -0.05) is 0 Å². The van der Waals surface area contributed by atoms with Gasteiger partial charge in [0.15, 0.2) is 0 Å². The molecule has 16 heavy (non-hydrogen) atoms. The predicted molar refractivity (Wildman–Crippen MR) is 52.0 cm³/mol. The van der Waals surface area contributed by atoms with Crippen molar-refractivity contribution in [1.82, 2.24) is 4.98 Å². The van der Waals surface area contributed by atoms with Crippen LogP contribution in [-0.4, -0.2) is 17.0 Å². The summed E-state index contributed by atoms with van der Waals surface area (Å²) in [5.74, 6) is -0.729. The van der Waals surface area contributed by atoms with Gasteiger partial charge in [0.2, 0.25) is 0 Å². The van der Waals surface area contributed by atoms with Gasteiger partial charge in [-0.25, -0.2) is 13.8 Å². The van der Waals surface area contributed by atoms with Crippen LogP contribution in [0, 0.1) is 10.1 Å². The minimum Gasteiger partial charge on any atom is -0.476 e. The van der Waals surface area contributed by atoms with Crippen molar-refractivity contribution < 1.29 is 18.4 Å². The first-order valence-corrected chi connectivity index (χ1v) is 4.61. The molecule has 0 spiro atoms. The Kier molecular flexibility index (Phi) is 3.94. The second-order valence-electron chi connectivity index (χ2n) is 2.76. The normalized spacial score (nSPS) is 10.6. The lowest BCUT2D eigenvalue weighted by Crippen LogP contribution is -2.03. The number of rotatable bonds is 4. The van der Waals surface area contributed by atoms with Gasteiger partial charge in [0.25, 0.3) is 12.3 Å². The van der Waals surface area contributed by atoms with E-state index in [2.05, 4.69) is 9.72 Å². The van der Waals surface area contributed by atoms with E-state index < -0.39 is 28.6 Å². The Morgan fingerprint density at radius 3 is 2.69 bits per heavy atom. The smallest absolute Gasteiger partial charge is 0.335 e. The van der Waals surface area contributed by atoms with E-state index in [1.54, 1.807) is 0 Å². The zero-order valence-corrected chi connectivity index (χ0v) is 8.87. The summed E-state index contributed by atoms with van der Waals surface area (Å²) in [4.78, 5) is 13.3. The third-order valence-corrected chi connectivity index (χ3v) is 2.09. The molecule has 0 atom stereocenters. The molecule has 0 aliphatic rings. The predicted octanol–water partition coefficient (Wildman–Crippen LogP) is 2.67. The molecule has 0 aliphatic carbocycles. The molecule has 0 unspecified atom stereocenters. The SMILES string of the molecule is COc1nc(C(F)F)cc(CCl)c1[N+](=O)[O-]. The number of hydrogen-bond donors (Lipinski definition) is 0. The largest absolute Gasteiger partial charge is 0.476 e. The number of pyridine rings is 1. The second kappa shape index (κ2) is 5.02. The van der Waals surface area contributed by atoms with E-state index in [1.807, 2.05) is 0 Å². The van der Waals surface area contributed by atoms with E-state index in [1.165, 1.54) is 0 Å². The maximum absolute atomic E-state index is 12.4. The summed E-state index contributed by atoms with van der Waals surface area (Å²) in [5.41, 5.74) is -1.13. The highest BCUT2D eigenvalue weighted by atomic mass is 35.5. The Morgan fingerprint density at radius 2 is 2.31 bits per heavy atom. The van der Waals surface area contributed by atoms with Gasteiger partial charge in [-0.3, -0.25) is 10.1 Å². The van der Waals surface area contributed by atoms with E-state index in [0.717, 1.165) is 13.2 Å². The Morgan fingerprint density at radius 1 is 1.69 bits per heavy atom. The third kappa shape index (κ3) is 2.35. The van der Waals surface area contributed by atoms with Gasteiger partial charge < -0.3 is 4.74 Å². The van der Waals surface area contributed by atoms with Gasteiger partial charge >= 0.3 is 5.69 Å². The van der Waals surface area contributed by atoms with Crippen LogP contribution in [0.1, 0.15) is 17.7 Å². The monoisotopic (exact) mass is 252 g/mol. The molecule has 1 aromatic rings. The van der Waals surface area contributed by atoms with Crippen LogP contribution in [0.15, 0.2) is 6.07 Å². The maximum Gasteiger partial charge on any atom is 0.335 e. The van der Waals surface area contributed by atoms with Gasteiger partial charge in [-0.2, -0.15) is 0 Å². The zero-order chi connectivity index (χ0) is 12.3.